The van der Waals surface area contributed by atoms with Crippen LogP contribution >= 0.6 is 0 Å². The van der Waals surface area contributed by atoms with Gasteiger partial charge in [-0.15, -0.1) is 6.58 Å². The van der Waals surface area contributed by atoms with Gasteiger partial charge in [0.25, 0.3) is 0 Å². The maximum atomic E-state index is 14.2. The highest BCUT2D eigenvalue weighted by Crippen LogP contribution is 2.36. The molecule has 0 fully saturated rings. The molecular formula is C30H28F3NO4S. The molecule has 5 nitrogen and oxygen atoms in total. The first-order chi connectivity index (χ1) is 18.4. The number of ether oxygens (including phenoxy) is 1. The second kappa shape index (κ2) is 10.7. The van der Waals surface area contributed by atoms with Crippen LogP contribution in [0.25, 0.3) is 10.9 Å². The highest BCUT2D eigenvalue weighted by molar-refractivity contribution is 7.90. The Bertz CT molecular complexity index is 1640. The lowest BCUT2D eigenvalue weighted by molar-refractivity contribution is -0.137. The van der Waals surface area contributed by atoms with Crippen molar-refractivity contribution >= 4 is 26.9 Å². The monoisotopic (exact) mass is 555 g/mol. The SMILES string of the molecule is C=CC(c1cccc(C(C)C)c1)S(=O)(=O)n1c(Cc2ccc(C(=O)OC)cc2)cc2cc(C(F)(F)F)ccc21. The van der Waals surface area contributed by atoms with Gasteiger partial charge in [0.05, 0.1) is 23.8 Å². The molecular weight excluding hydrogens is 527 g/mol. The van der Waals surface area contributed by atoms with Crippen molar-refractivity contribution in [2.24, 2.45) is 0 Å². The number of esters is 1. The van der Waals surface area contributed by atoms with Gasteiger partial charge in [-0.25, -0.2) is 17.2 Å². The van der Waals surface area contributed by atoms with Crippen LogP contribution in [-0.2, 0) is 27.4 Å². The number of rotatable bonds is 8. The van der Waals surface area contributed by atoms with Crippen LogP contribution in [0.3, 0.4) is 0 Å². The third kappa shape index (κ3) is 5.63. The molecule has 1 aromatic heterocycles. The first-order valence-corrected chi connectivity index (χ1v) is 13.7. The molecule has 3 aromatic carbocycles. The Morgan fingerprint density at radius 2 is 1.67 bits per heavy atom. The molecule has 0 radical (unpaired) electrons. The second-order valence-corrected chi connectivity index (χ2v) is 11.5. The Labute approximate surface area is 225 Å². The zero-order valence-electron chi connectivity index (χ0n) is 21.7. The number of nitrogens with zero attached hydrogens (tertiary/aromatic N) is 1. The Hall–Kier alpha value is -3.85. The fraction of sp³-hybridized carbons (Fsp3) is 0.233. The lowest BCUT2D eigenvalue weighted by Crippen LogP contribution is -2.22. The van der Waals surface area contributed by atoms with Crippen LogP contribution in [0.5, 0.6) is 0 Å². The van der Waals surface area contributed by atoms with Crippen LogP contribution in [0.1, 0.15) is 63.3 Å². The molecule has 0 N–H and O–H groups in total. The summed E-state index contributed by atoms with van der Waals surface area (Å²) in [7, 11) is -2.95. The van der Waals surface area contributed by atoms with Gasteiger partial charge in [0.15, 0.2) is 0 Å². The van der Waals surface area contributed by atoms with Gasteiger partial charge in [-0.2, -0.15) is 13.2 Å². The maximum absolute atomic E-state index is 14.2. The number of halogens is 3. The predicted molar refractivity (Wildman–Crippen MR) is 145 cm³/mol. The van der Waals surface area contributed by atoms with Gasteiger partial charge < -0.3 is 4.74 Å². The smallest absolute Gasteiger partial charge is 0.416 e. The fourth-order valence-electron chi connectivity index (χ4n) is 4.57. The standard InChI is InChI=1S/C30H28F3NO4S/c1-5-28(23-8-6-7-22(16-23)19(2)3)39(36,37)34-26(15-20-9-11-21(12-10-20)29(35)38-4)18-24-17-25(30(31,32)33)13-14-27(24)34/h5-14,16-19,28H,1,15H2,2-4H3. The Morgan fingerprint density at radius 1 is 1.00 bits per heavy atom. The minimum atomic E-state index is -4.58. The molecule has 4 aromatic rings. The van der Waals surface area contributed by atoms with E-state index in [-0.39, 0.29) is 28.9 Å². The van der Waals surface area contributed by atoms with Gasteiger partial charge in [-0.05, 0) is 59.0 Å². The Kier molecular flexibility index (Phi) is 7.75. The zero-order chi connectivity index (χ0) is 28.5. The molecule has 4 rings (SSSR count). The van der Waals surface area contributed by atoms with Crippen molar-refractivity contribution in [3.8, 4) is 0 Å². The van der Waals surface area contributed by atoms with E-state index >= 15 is 0 Å². The molecule has 0 spiro atoms. The molecule has 0 saturated heterocycles. The summed E-state index contributed by atoms with van der Waals surface area (Å²) in [5.41, 5.74) is 1.99. The van der Waals surface area contributed by atoms with Crippen LogP contribution < -0.4 is 0 Å². The summed E-state index contributed by atoms with van der Waals surface area (Å²) >= 11 is 0. The molecule has 1 unspecified atom stereocenters. The summed E-state index contributed by atoms with van der Waals surface area (Å²) in [4.78, 5) is 11.8. The molecule has 1 atom stereocenters. The first kappa shape index (κ1) is 28.2. The average Bonchev–Trinajstić information content (AvgIpc) is 3.26. The predicted octanol–water partition coefficient (Wildman–Crippen LogP) is 7.27. The molecule has 0 aliphatic carbocycles. The summed E-state index contributed by atoms with van der Waals surface area (Å²) in [6, 6.07) is 18.1. The van der Waals surface area contributed by atoms with Gasteiger partial charge in [-0.3, -0.25) is 0 Å². The minimum Gasteiger partial charge on any atom is -0.465 e. The van der Waals surface area contributed by atoms with E-state index in [1.807, 2.05) is 26.0 Å². The van der Waals surface area contributed by atoms with E-state index in [9.17, 15) is 26.4 Å². The summed E-state index contributed by atoms with van der Waals surface area (Å²) < 4.78 is 74.6. The average molecular weight is 556 g/mol. The van der Waals surface area contributed by atoms with Crippen molar-refractivity contribution in [3.63, 3.8) is 0 Å². The topological polar surface area (TPSA) is 65.4 Å². The van der Waals surface area contributed by atoms with Crippen LogP contribution in [0.2, 0.25) is 0 Å². The highest BCUT2D eigenvalue weighted by atomic mass is 32.2. The van der Waals surface area contributed by atoms with Crippen LogP contribution in [-0.4, -0.2) is 25.5 Å². The van der Waals surface area contributed by atoms with E-state index < -0.39 is 33.0 Å². The number of methoxy groups -OCH3 is 1. The molecule has 0 amide bonds. The van der Waals surface area contributed by atoms with Gasteiger partial charge in [0.1, 0.15) is 5.25 Å². The van der Waals surface area contributed by atoms with Gasteiger partial charge in [0, 0.05) is 17.5 Å². The van der Waals surface area contributed by atoms with E-state index in [0.29, 0.717) is 16.7 Å². The summed E-state index contributed by atoms with van der Waals surface area (Å²) in [5, 5.41) is -0.997. The largest absolute Gasteiger partial charge is 0.465 e. The van der Waals surface area contributed by atoms with Crippen LogP contribution in [0.15, 0.2) is 85.5 Å². The number of hydrogen-bond acceptors (Lipinski definition) is 4. The van der Waals surface area contributed by atoms with Gasteiger partial charge >= 0.3 is 12.1 Å². The number of fused-ring (bicyclic) bond motifs is 1. The molecule has 0 aliphatic rings. The van der Waals surface area contributed by atoms with Crippen LogP contribution in [0.4, 0.5) is 13.2 Å². The van der Waals surface area contributed by atoms with Gasteiger partial charge in [-0.1, -0.05) is 56.3 Å². The van der Waals surface area contributed by atoms with E-state index in [4.69, 9.17) is 4.74 Å². The number of carbonyl (C=O) groups is 1. The molecule has 1 heterocycles. The molecule has 0 saturated carbocycles. The van der Waals surface area contributed by atoms with Gasteiger partial charge in [0.2, 0.25) is 10.0 Å². The highest BCUT2D eigenvalue weighted by Gasteiger charge is 2.33. The number of carbonyl (C=O) groups excluding carboxylic acids is 1. The number of hydrogen-bond donors (Lipinski definition) is 0. The Balaban J connectivity index is 1.89. The van der Waals surface area contributed by atoms with Crippen molar-refractivity contribution in [2.45, 2.75) is 37.6 Å². The number of benzene rings is 3. The molecule has 39 heavy (non-hydrogen) atoms. The minimum absolute atomic E-state index is 0.0899. The van der Waals surface area contributed by atoms with E-state index in [1.54, 1.807) is 36.4 Å². The molecule has 9 heteroatoms. The second-order valence-electron chi connectivity index (χ2n) is 9.56. The fourth-order valence-corrected chi connectivity index (χ4v) is 6.42. The maximum Gasteiger partial charge on any atom is 0.416 e. The van der Waals surface area contributed by atoms with Crippen molar-refractivity contribution in [1.29, 1.82) is 0 Å². The normalized spacial score (nSPS) is 13.0. The Morgan fingerprint density at radius 3 is 2.26 bits per heavy atom. The third-order valence-electron chi connectivity index (χ3n) is 6.61. The van der Waals surface area contributed by atoms with Crippen molar-refractivity contribution in [1.82, 2.24) is 3.97 Å². The quantitative estimate of drug-likeness (QED) is 0.169. The van der Waals surface area contributed by atoms with E-state index in [0.717, 1.165) is 21.7 Å². The lowest BCUT2D eigenvalue weighted by atomic mass is 10.00. The molecule has 204 valence electrons. The van der Waals surface area contributed by atoms with E-state index in [1.165, 1.54) is 25.3 Å². The van der Waals surface area contributed by atoms with Crippen molar-refractivity contribution in [2.75, 3.05) is 7.11 Å². The van der Waals surface area contributed by atoms with Crippen molar-refractivity contribution in [3.05, 3.63) is 119 Å². The molecule has 0 aliphatic heterocycles. The summed E-state index contributed by atoms with van der Waals surface area (Å²) in [6.07, 6.45) is -3.16. The molecule has 0 bridgehead atoms. The number of aromatic nitrogens is 1. The lowest BCUT2D eigenvalue weighted by Gasteiger charge is -2.20. The summed E-state index contributed by atoms with van der Waals surface area (Å²) in [6.45, 7) is 7.77. The van der Waals surface area contributed by atoms with Crippen LogP contribution in [0, 0.1) is 0 Å². The number of alkyl halides is 3. The van der Waals surface area contributed by atoms with E-state index in [2.05, 4.69) is 6.58 Å². The third-order valence-corrected chi connectivity index (χ3v) is 8.66. The van der Waals surface area contributed by atoms with Crippen molar-refractivity contribution < 1.29 is 31.1 Å². The zero-order valence-corrected chi connectivity index (χ0v) is 22.5. The summed E-state index contributed by atoms with van der Waals surface area (Å²) in [5.74, 6) is -0.356. The first-order valence-electron chi connectivity index (χ1n) is 12.2.